The van der Waals surface area contributed by atoms with Gasteiger partial charge in [0, 0.05) is 26.4 Å². The Morgan fingerprint density at radius 2 is 2.21 bits per heavy atom. The summed E-state index contributed by atoms with van der Waals surface area (Å²) in [6, 6.07) is 0.502. The fraction of sp³-hybridized carbons (Fsp3) is 1.00. The first-order valence-electron chi connectivity index (χ1n) is 5.72. The topological polar surface area (TPSA) is 30.5 Å². The molecule has 3 nitrogen and oxygen atoms in total. The first-order chi connectivity index (χ1) is 6.88. The highest BCUT2D eigenvalue weighted by Gasteiger charge is 2.25. The van der Waals surface area contributed by atoms with Gasteiger partial charge in [-0.1, -0.05) is 13.3 Å². The molecule has 1 rings (SSSR count). The van der Waals surface area contributed by atoms with Crippen LogP contribution in [0.25, 0.3) is 0 Å². The van der Waals surface area contributed by atoms with E-state index in [4.69, 9.17) is 9.47 Å². The first kappa shape index (κ1) is 12.0. The van der Waals surface area contributed by atoms with Crippen molar-refractivity contribution in [2.45, 2.75) is 44.8 Å². The van der Waals surface area contributed by atoms with Crippen molar-refractivity contribution in [2.24, 2.45) is 0 Å². The number of ether oxygens (including phenoxy) is 2. The summed E-state index contributed by atoms with van der Waals surface area (Å²) in [5, 5.41) is 3.44. The Hall–Kier alpha value is -0.120. The molecular formula is C11H23NO2. The van der Waals surface area contributed by atoms with Crippen molar-refractivity contribution >= 4 is 0 Å². The van der Waals surface area contributed by atoms with Gasteiger partial charge in [-0.15, -0.1) is 0 Å². The van der Waals surface area contributed by atoms with Crippen LogP contribution in [0.15, 0.2) is 0 Å². The highest BCUT2D eigenvalue weighted by Crippen LogP contribution is 2.13. The van der Waals surface area contributed by atoms with Crippen LogP contribution in [0.3, 0.4) is 0 Å². The fourth-order valence-corrected chi connectivity index (χ4v) is 1.87. The Balaban J connectivity index is 2.00. The smallest absolute Gasteiger partial charge is 0.0737 e. The summed E-state index contributed by atoms with van der Waals surface area (Å²) in [7, 11) is 1.79. The second kappa shape index (κ2) is 7.21. The van der Waals surface area contributed by atoms with Gasteiger partial charge >= 0.3 is 0 Å². The van der Waals surface area contributed by atoms with E-state index in [0.717, 1.165) is 32.6 Å². The van der Waals surface area contributed by atoms with E-state index in [9.17, 15) is 0 Å². The summed E-state index contributed by atoms with van der Waals surface area (Å²) in [4.78, 5) is 0. The molecule has 1 saturated heterocycles. The summed E-state index contributed by atoms with van der Waals surface area (Å²) in [6.45, 7) is 5.03. The van der Waals surface area contributed by atoms with Crippen LogP contribution in [0.5, 0.6) is 0 Å². The van der Waals surface area contributed by atoms with Gasteiger partial charge in [0.2, 0.25) is 0 Å². The zero-order chi connectivity index (χ0) is 10.2. The van der Waals surface area contributed by atoms with E-state index in [0.29, 0.717) is 12.1 Å². The molecule has 1 heterocycles. The van der Waals surface area contributed by atoms with Gasteiger partial charge in [-0.05, 0) is 25.8 Å². The maximum Gasteiger partial charge on any atom is 0.0737 e. The quantitative estimate of drug-likeness (QED) is 0.634. The van der Waals surface area contributed by atoms with Crippen molar-refractivity contribution in [1.82, 2.24) is 5.32 Å². The largest absolute Gasteiger partial charge is 0.381 e. The molecule has 3 heteroatoms. The predicted molar refractivity (Wildman–Crippen MR) is 57.5 cm³/mol. The Bertz CT molecular complexity index is 141. The van der Waals surface area contributed by atoms with Gasteiger partial charge in [-0.2, -0.15) is 0 Å². The van der Waals surface area contributed by atoms with Gasteiger partial charge in [-0.25, -0.2) is 0 Å². The van der Waals surface area contributed by atoms with E-state index in [-0.39, 0.29) is 0 Å². The Kier molecular flexibility index (Phi) is 6.15. The predicted octanol–water partition coefficient (Wildman–Crippen LogP) is 1.57. The molecule has 1 fully saturated rings. The number of hydrogen-bond donors (Lipinski definition) is 1. The maximum absolute atomic E-state index is 5.53. The van der Waals surface area contributed by atoms with Crippen molar-refractivity contribution in [2.75, 3.05) is 26.9 Å². The van der Waals surface area contributed by atoms with Gasteiger partial charge in [0.05, 0.1) is 6.10 Å². The van der Waals surface area contributed by atoms with Gasteiger partial charge in [-0.3, -0.25) is 0 Å². The van der Waals surface area contributed by atoms with Gasteiger partial charge in [0.1, 0.15) is 0 Å². The van der Waals surface area contributed by atoms with Crippen LogP contribution >= 0.6 is 0 Å². The Labute approximate surface area is 87.2 Å². The van der Waals surface area contributed by atoms with Crippen LogP contribution in [0, 0.1) is 0 Å². The van der Waals surface area contributed by atoms with E-state index < -0.39 is 0 Å². The first-order valence-corrected chi connectivity index (χ1v) is 5.72. The summed E-state index contributed by atoms with van der Waals surface area (Å²) in [5.74, 6) is 0. The standard InChI is InChI=1S/C11H23NO2/c1-3-4-8-14-9-6-10-11(13-2)5-7-12-10/h10-12H,3-9H2,1-2H3/t10?,11-/m0/s1. The lowest BCUT2D eigenvalue weighted by molar-refractivity contribution is 0.0679. The maximum atomic E-state index is 5.53. The molecule has 0 spiro atoms. The third-order valence-electron chi connectivity index (χ3n) is 2.80. The minimum Gasteiger partial charge on any atom is -0.381 e. The number of nitrogens with one attached hydrogen (secondary N) is 1. The zero-order valence-corrected chi connectivity index (χ0v) is 9.42. The van der Waals surface area contributed by atoms with Crippen molar-refractivity contribution in [3.05, 3.63) is 0 Å². The van der Waals surface area contributed by atoms with Crippen LogP contribution < -0.4 is 5.32 Å². The van der Waals surface area contributed by atoms with Gasteiger partial charge in [0.25, 0.3) is 0 Å². The summed E-state index contributed by atoms with van der Waals surface area (Å²) >= 11 is 0. The summed E-state index contributed by atoms with van der Waals surface area (Å²) < 4.78 is 10.9. The van der Waals surface area contributed by atoms with Crippen molar-refractivity contribution in [3.63, 3.8) is 0 Å². The van der Waals surface area contributed by atoms with E-state index in [1.54, 1.807) is 7.11 Å². The Morgan fingerprint density at radius 3 is 2.93 bits per heavy atom. The average molecular weight is 201 g/mol. The fourth-order valence-electron chi connectivity index (χ4n) is 1.87. The lowest BCUT2D eigenvalue weighted by atomic mass is 10.1. The number of rotatable bonds is 7. The molecule has 84 valence electrons. The molecule has 1 N–H and O–H groups in total. The van der Waals surface area contributed by atoms with Crippen LogP contribution in [0.4, 0.5) is 0 Å². The SMILES string of the molecule is CCCCOCCC1NCC[C@@H]1OC. The summed E-state index contributed by atoms with van der Waals surface area (Å²) in [6.07, 6.45) is 4.98. The van der Waals surface area contributed by atoms with E-state index >= 15 is 0 Å². The number of methoxy groups -OCH3 is 1. The minimum absolute atomic E-state index is 0.393. The summed E-state index contributed by atoms with van der Waals surface area (Å²) in [5.41, 5.74) is 0. The van der Waals surface area contributed by atoms with E-state index in [2.05, 4.69) is 12.2 Å². The van der Waals surface area contributed by atoms with Gasteiger partial charge in [0.15, 0.2) is 0 Å². The average Bonchev–Trinajstić information content (AvgIpc) is 2.65. The molecule has 1 aliphatic heterocycles. The molecule has 0 saturated carbocycles. The molecule has 0 aromatic heterocycles. The molecule has 0 bridgehead atoms. The molecule has 0 aliphatic carbocycles. The molecule has 0 amide bonds. The molecule has 1 unspecified atom stereocenters. The molecule has 2 atom stereocenters. The normalized spacial score (nSPS) is 27.0. The zero-order valence-electron chi connectivity index (χ0n) is 9.42. The van der Waals surface area contributed by atoms with E-state index in [1.807, 2.05) is 0 Å². The third kappa shape index (κ3) is 3.95. The van der Waals surface area contributed by atoms with Crippen LogP contribution in [-0.2, 0) is 9.47 Å². The second-order valence-electron chi connectivity index (χ2n) is 3.88. The number of unbranched alkanes of at least 4 members (excludes halogenated alkanes) is 1. The number of hydrogen-bond acceptors (Lipinski definition) is 3. The molecule has 0 aromatic carbocycles. The van der Waals surface area contributed by atoms with Crippen molar-refractivity contribution < 1.29 is 9.47 Å². The van der Waals surface area contributed by atoms with Gasteiger partial charge < -0.3 is 14.8 Å². The lowest BCUT2D eigenvalue weighted by Crippen LogP contribution is -2.32. The molecule has 14 heavy (non-hydrogen) atoms. The highest BCUT2D eigenvalue weighted by atomic mass is 16.5. The highest BCUT2D eigenvalue weighted by molar-refractivity contribution is 4.84. The van der Waals surface area contributed by atoms with Crippen molar-refractivity contribution in [3.8, 4) is 0 Å². The monoisotopic (exact) mass is 201 g/mol. The van der Waals surface area contributed by atoms with Crippen LogP contribution in [0.2, 0.25) is 0 Å². The molecule has 0 aromatic rings. The molecule has 0 radical (unpaired) electrons. The van der Waals surface area contributed by atoms with E-state index in [1.165, 1.54) is 12.8 Å². The second-order valence-corrected chi connectivity index (χ2v) is 3.88. The minimum atomic E-state index is 0.393. The molecule has 1 aliphatic rings. The van der Waals surface area contributed by atoms with Crippen molar-refractivity contribution in [1.29, 1.82) is 0 Å². The third-order valence-corrected chi connectivity index (χ3v) is 2.80. The molecular weight excluding hydrogens is 178 g/mol. The lowest BCUT2D eigenvalue weighted by Gasteiger charge is -2.17. The van der Waals surface area contributed by atoms with Crippen LogP contribution in [-0.4, -0.2) is 39.0 Å². The Morgan fingerprint density at radius 1 is 1.36 bits per heavy atom. The van der Waals surface area contributed by atoms with Crippen LogP contribution in [0.1, 0.15) is 32.6 Å².